The van der Waals surface area contributed by atoms with Gasteiger partial charge in [-0.25, -0.2) is 0 Å². The van der Waals surface area contributed by atoms with E-state index in [9.17, 15) is 19.2 Å². The number of hydrogen-bond acceptors (Lipinski definition) is 10. The van der Waals surface area contributed by atoms with E-state index < -0.39 is 23.9 Å². The van der Waals surface area contributed by atoms with Gasteiger partial charge in [0.1, 0.15) is 13.2 Å². The molecule has 0 fully saturated rings. The van der Waals surface area contributed by atoms with E-state index in [1.807, 2.05) is 12.2 Å². The maximum absolute atomic E-state index is 11.9. The maximum Gasteiger partial charge on any atom is 0.311 e. The highest BCUT2D eigenvalue weighted by molar-refractivity contribution is 5.78. The fraction of sp³-hybridized carbons (Fsp3) is 0.840. The van der Waals surface area contributed by atoms with Crippen molar-refractivity contribution in [2.24, 2.45) is 0 Å². The summed E-state index contributed by atoms with van der Waals surface area (Å²) in [7, 11) is 0. The SMILES string of the molecule is CCCCCCCCCCCCCCCC/C=C/OC(=O)CCC(=O)OCCOCCOCCOC(=O)CCC(=O)O/C=C/CCCCCCCCCCCCCCCC. The van der Waals surface area contributed by atoms with Crippen molar-refractivity contribution in [3.8, 4) is 0 Å². The van der Waals surface area contributed by atoms with Crippen LogP contribution >= 0.6 is 0 Å². The van der Waals surface area contributed by atoms with Gasteiger partial charge in [0.2, 0.25) is 0 Å². The predicted octanol–water partition coefficient (Wildman–Crippen LogP) is 13.5. The molecule has 0 aliphatic rings. The first-order valence-corrected chi connectivity index (χ1v) is 24.6. The Morgan fingerprint density at radius 1 is 0.317 bits per heavy atom. The predicted molar refractivity (Wildman–Crippen MR) is 242 cm³/mol. The van der Waals surface area contributed by atoms with Crippen LogP contribution in [0, 0.1) is 0 Å². The molecule has 0 aliphatic carbocycles. The van der Waals surface area contributed by atoms with Gasteiger partial charge in [-0.2, -0.15) is 0 Å². The van der Waals surface area contributed by atoms with Gasteiger partial charge >= 0.3 is 23.9 Å². The molecule has 0 spiro atoms. The zero-order valence-electron chi connectivity index (χ0n) is 38.7. The first-order chi connectivity index (χ1) is 29.5. The van der Waals surface area contributed by atoms with Crippen LogP contribution in [0.5, 0.6) is 0 Å². The van der Waals surface area contributed by atoms with Gasteiger partial charge in [-0.3, -0.25) is 19.2 Å². The number of ether oxygens (including phenoxy) is 6. The highest BCUT2D eigenvalue weighted by Crippen LogP contribution is 2.15. The monoisotopic (exact) mass is 851 g/mol. The van der Waals surface area contributed by atoms with Crippen molar-refractivity contribution in [2.45, 2.75) is 232 Å². The van der Waals surface area contributed by atoms with Gasteiger partial charge in [0.25, 0.3) is 0 Å². The van der Waals surface area contributed by atoms with Crippen molar-refractivity contribution in [3.05, 3.63) is 24.7 Å². The Kier molecular flexibility index (Phi) is 46.7. The van der Waals surface area contributed by atoms with Crippen LogP contribution in [0.15, 0.2) is 24.7 Å². The molecule has 0 bridgehead atoms. The van der Waals surface area contributed by atoms with E-state index in [4.69, 9.17) is 28.4 Å². The summed E-state index contributed by atoms with van der Waals surface area (Å²) in [6.45, 7) is 5.62. The molecule has 60 heavy (non-hydrogen) atoms. The summed E-state index contributed by atoms with van der Waals surface area (Å²) in [5.41, 5.74) is 0. The molecule has 10 heteroatoms. The van der Waals surface area contributed by atoms with E-state index in [1.54, 1.807) is 0 Å². The smallest absolute Gasteiger partial charge is 0.311 e. The lowest BCUT2D eigenvalue weighted by atomic mass is 10.0. The lowest BCUT2D eigenvalue weighted by Gasteiger charge is -2.07. The molecule has 0 unspecified atom stereocenters. The average molecular weight is 851 g/mol. The summed E-state index contributed by atoms with van der Waals surface area (Å²) in [4.78, 5) is 47.5. The molecule has 0 aromatic heterocycles. The van der Waals surface area contributed by atoms with Gasteiger partial charge in [0, 0.05) is 0 Å². The minimum absolute atomic E-state index is 0.0393. The van der Waals surface area contributed by atoms with Crippen molar-refractivity contribution in [3.63, 3.8) is 0 Å². The fourth-order valence-electron chi connectivity index (χ4n) is 6.72. The zero-order valence-corrected chi connectivity index (χ0v) is 38.7. The Balaban J connectivity index is 3.45. The number of carbonyl (C=O) groups excluding carboxylic acids is 4. The molecule has 0 aromatic carbocycles. The summed E-state index contributed by atoms with van der Waals surface area (Å²) in [5.74, 6) is -1.89. The van der Waals surface area contributed by atoms with Crippen LogP contribution in [0.2, 0.25) is 0 Å². The maximum atomic E-state index is 11.9. The van der Waals surface area contributed by atoms with E-state index in [2.05, 4.69) is 13.8 Å². The van der Waals surface area contributed by atoms with Crippen LogP contribution in [0.1, 0.15) is 232 Å². The number of esters is 4. The van der Waals surface area contributed by atoms with Crippen LogP contribution in [0.3, 0.4) is 0 Å². The standard InChI is InChI=1S/C50H90O10/c1-3-5-7-9-11-13-15-17-19-21-23-25-27-29-31-33-39-57-47(51)35-37-49(53)59-45-43-55-41-42-56-44-46-60-50(54)38-36-48(52)58-40-34-32-30-28-26-24-22-20-18-16-14-12-10-8-6-4-2/h33-34,39-40H,3-32,35-38,41-46H2,1-2H3/b39-33+,40-34+. The second-order valence-electron chi connectivity index (χ2n) is 16.2. The minimum atomic E-state index is -0.486. The third-order valence-corrected chi connectivity index (χ3v) is 10.5. The Hall–Kier alpha value is -2.72. The molecule has 0 aromatic rings. The number of hydrogen-bond donors (Lipinski definition) is 0. The summed E-state index contributed by atoms with van der Waals surface area (Å²) in [6, 6.07) is 0. The number of rotatable bonds is 47. The molecule has 0 atom stereocenters. The molecule has 0 saturated heterocycles. The quantitative estimate of drug-likeness (QED) is 0.0253. The number of allylic oxidation sites excluding steroid dienone is 2. The zero-order chi connectivity index (χ0) is 43.7. The molecular weight excluding hydrogens is 761 g/mol. The second-order valence-corrected chi connectivity index (χ2v) is 16.2. The van der Waals surface area contributed by atoms with Crippen molar-refractivity contribution in [1.29, 1.82) is 0 Å². The molecule has 0 N–H and O–H groups in total. The van der Waals surface area contributed by atoms with Crippen molar-refractivity contribution in [2.75, 3.05) is 39.6 Å². The highest BCUT2D eigenvalue weighted by Gasteiger charge is 2.10. The molecular formula is C50H90O10. The molecule has 0 rings (SSSR count). The molecule has 0 aliphatic heterocycles. The second kappa shape index (κ2) is 48.9. The van der Waals surface area contributed by atoms with Crippen LogP contribution in [0.4, 0.5) is 0 Å². The van der Waals surface area contributed by atoms with Crippen LogP contribution < -0.4 is 0 Å². The highest BCUT2D eigenvalue weighted by atomic mass is 16.6. The Labute approximate surface area is 367 Å². The third-order valence-electron chi connectivity index (χ3n) is 10.5. The summed E-state index contributed by atoms with van der Waals surface area (Å²) >= 11 is 0. The average Bonchev–Trinajstić information content (AvgIpc) is 3.24. The molecule has 0 heterocycles. The lowest BCUT2D eigenvalue weighted by Crippen LogP contribution is -2.16. The first-order valence-electron chi connectivity index (χ1n) is 24.6. The van der Waals surface area contributed by atoms with Crippen molar-refractivity contribution < 1.29 is 47.6 Å². The summed E-state index contributed by atoms with van der Waals surface area (Å²) < 4.78 is 31.1. The first kappa shape index (κ1) is 57.3. The molecule has 0 radical (unpaired) electrons. The van der Waals surface area contributed by atoms with Crippen molar-refractivity contribution >= 4 is 23.9 Å². The van der Waals surface area contributed by atoms with E-state index in [0.717, 1.165) is 25.7 Å². The van der Waals surface area contributed by atoms with Gasteiger partial charge in [-0.05, 0) is 37.8 Å². The Bertz CT molecular complexity index is 947. The topological polar surface area (TPSA) is 124 Å². The van der Waals surface area contributed by atoms with Crippen LogP contribution in [-0.4, -0.2) is 63.5 Å². The molecule has 0 saturated carbocycles. The van der Waals surface area contributed by atoms with E-state index in [1.165, 1.54) is 179 Å². The van der Waals surface area contributed by atoms with E-state index in [-0.39, 0.29) is 65.3 Å². The summed E-state index contributed by atoms with van der Waals surface area (Å²) in [5, 5.41) is 0. The van der Waals surface area contributed by atoms with E-state index >= 15 is 0 Å². The molecule has 350 valence electrons. The lowest BCUT2D eigenvalue weighted by molar-refractivity contribution is -0.149. The number of carbonyl (C=O) groups is 4. The molecule has 10 nitrogen and oxygen atoms in total. The van der Waals surface area contributed by atoms with Gasteiger partial charge in [0.05, 0.1) is 64.6 Å². The van der Waals surface area contributed by atoms with Gasteiger partial charge in [0.15, 0.2) is 0 Å². The Morgan fingerprint density at radius 3 is 0.867 bits per heavy atom. The number of unbranched alkanes of at least 4 members (excludes halogenated alkanes) is 28. The van der Waals surface area contributed by atoms with Gasteiger partial charge in [-0.15, -0.1) is 0 Å². The largest absolute Gasteiger partial charge is 0.463 e. The fourth-order valence-corrected chi connectivity index (χ4v) is 6.72. The van der Waals surface area contributed by atoms with Gasteiger partial charge in [-0.1, -0.05) is 181 Å². The molecule has 0 amide bonds. The van der Waals surface area contributed by atoms with E-state index in [0.29, 0.717) is 0 Å². The normalized spacial score (nSPS) is 11.4. The van der Waals surface area contributed by atoms with Crippen LogP contribution in [0.25, 0.3) is 0 Å². The minimum Gasteiger partial charge on any atom is -0.463 e. The summed E-state index contributed by atoms with van der Waals surface area (Å²) in [6.07, 6.45) is 45.3. The Morgan fingerprint density at radius 2 is 0.567 bits per heavy atom. The third kappa shape index (κ3) is 48.0. The van der Waals surface area contributed by atoms with Crippen molar-refractivity contribution in [1.82, 2.24) is 0 Å². The van der Waals surface area contributed by atoms with Crippen LogP contribution in [-0.2, 0) is 47.6 Å². The van der Waals surface area contributed by atoms with Gasteiger partial charge < -0.3 is 28.4 Å².